The Morgan fingerprint density at radius 3 is 2.89 bits per heavy atom. The topological polar surface area (TPSA) is 51.4 Å². The van der Waals surface area contributed by atoms with E-state index in [1.54, 1.807) is 0 Å². The molecule has 1 aromatic heterocycles. The van der Waals surface area contributed by atoms with E-state index in [2.05, 4.69) is 16.9 Å². The van der Waals surface area contributed by atoms with Crippen molar-refractivity contribution in [3.63, 3.8) is 0 Å². The maximum atomic E-state index is 5.84. The molecule has 0 radical (unpaired) electrons. The molecule has 5 heteroatoms. The molecule has 0 amide bonds. The Labute approximate surface area is 120 Å². The SMILES string of the molecule is Cc1cc(N(C)CC2CCCO2)c(C(N)=S)c(C)n1. The quantitative estimate of drug-likeness (QED) is 0.854. The maximum Gasteiger partial charge on any atom is 0.107 e. The third-order valence-electron chi connectivity index (χ3n) is 3.47. The molecular weight excluding hydrogens is 258 g/mol. The molecule has 1 aromatic rings. The van der Waals surface area contributed by atoms with Gasteiger partial charge in [0.1, 0.15) is 4.99 Å². The van der Waals surface area contributed by atoms with Crippen LogP contribution in [0, 0.1) is 13.8 Å². The summed E-state index contributed by atoms with van der Waals surface area (Å²) in [7, 11) is 2.05. The van der Waals surface area contributed by atoms with Gasteiger partial charge in [0, 0.05) is 31.6 Å². The van der Waals surface area contributed by atoms with Gasteiger partial charge in [-0.25, -0.2) is 0 Å². The maximum absolute atomic E-state index is 5.84. The Morgan fingerprint density at radius 1 is 1.58 bits per heavy atom. The summed E-state index contributed by atoms with van der Waals surface area (Å²) in [4.78, 5) is 7.02. The summed E-state index contributed by atoms with van der Waals surface area (Å²) in [6, 6.07) is 2.04. The molecule has 2 rings (SSSR count). The van der Waals surface area contributed by atoms with Crippen LogP contribution in [-0.4, -0.2) is 36.3 Å². The summed E-state index contributed by atoms with van der Waals surface area (Å²) in [6.07, 6.45) is 2.57. The van der Waals surface area contributed by atoms with E-state index in [4.69, 9.17) is 22.7 Å². The fourth-order valence-electron chi connectivity index (χ4n) is 2.61. The summed E-state index contributed by atoms with van der Waals surface area (Å²) in [5.74, 6) is 0. The van der Waals surface area contributed by atoms with Crippen molar-refractivity contribution >= 4 is 22.9 Å². The molecule has 0 saturated carbocycles. The molecule has 0 bridgehead atoms. The predicted octanol–water partition coefficient (Wildman–Crippen LogP) is 1.95. The number of ether oxygens (including phenoxy) is 1. The molecule has 1 saturated heterocycles. The van der Waals surface area contributed by atoms with Gasteiger partial charge in [-0.1, -0.05) is 12.2 Å². The minimum atomic E-state index is 0.304. The van der Waals surface area contributed by atoms with E-state index in [1.165, 1.54) is 0 Å². The van der Waals surface area contributed by atoms with Crippen LogP contribution in [0.1, 0.15) is 29.8 Å². The van der Waals surface area contributed by atoms with E-state index < -0.39 is 0 Å². The van der Waals surface area contributed by atoms with E-state index in [9.17, 15) is 0 Å². The minimum Gasteiger partial charge on any atom is -0.389 e. The lowest BCUT2D eigenvalue weighted by Gasteiger charge is -2.26. The zero-order chi connectivity index (χ0) is 14.0. The first-order valence-corrected chi connectivity index (χ1v) is 7.00. The zero-order valence-corrected chi connectivity index (χ0v) is 12.6. The third kappa shape index (κ3) is 3.22. The normalized spacial score (nSPS) is 18.6. The largest absolute Gasteiger partial charge is 0.389 e. The number of hydrogen-bond acceptors (Lipinski definition) is 4. The lowest BCUT2D eigenvalue weighted by molar-refractivity contribution is 0.116. The van der Waals surface area contributed by atoms with E-state index in [0.717, 1.165) is 48.6 Å². The number of hydrogen-bond donors (Lipinski definition) is 1. The van der Waals surface area contributed by atoms with Gasteiger partial charge < -0.3 is 15.4 Å². The van der Waals surface area contributed by atoms with E-state index in [-0.39, 0.29) is 0 Å². The van der Waals surface area contributed by atoms with Crippen LogP contribution in [-0.2, 0) is 4.74 Å². The number of nitrogens with two attached hydrogens (primary N) is 1. The van der Waals surface area contributed by atoms with Gasteiger partial charge in [-0.15, -0.1) is 0 Å². The van der Waals surface area contributed by atoms with Crippen molar-refractivity contribution in [3.05, 3.63) is 23.0 Å². The molecule has 1 unspecified atom stereocenters. The number of nitrogens with zero attached hydrogens (tertiary/aromatic N) is 2. The fourth-order valence-corrected chi connectivity index (χ4v) is 2.86. The lowest BCUT2D eigenvalue weighted by atomic mass is 10.1. The van der Waals surface area contributed by atoms with E-state index >= 15 is 0 Å². The van der Waals surface area contributed by atoms with Crippen molar-refractivity contribution in [1.29, 1.82) is 0 Å². The van der Waals surface area contributed by atoms with Crippen LogP contribution in [0.3, 0.4) is 0 Å². The summed E-state index contributed by atoms with van der Waals surface area (Å²) < 4.78 is 5.68. The Balaban J connectivity index is 2.28. The number of aromatic nitrogens is 1. The smallest absolute Gasteiger partial charge is 0.107 e. The molecule has 1 fully saturated rings. The molecule has 0 spiro atoms. The number of likely N-dealkylation sites (N-methyl/N-ethyl adjacent to an activating group) is 1. The number of rotatable bonds is 4. The predicted molar refractivity (Wildman–Crippen MR) is 81.8 cm³/mol. The summed E-state index contributed by atoms with van der Waals surface area (Å²) in [6.45, 7) is 5.66. The van der Waals surface area contributed by atoms with Gasteiger partial charge in [0.15, 0.2) is 0 Å². The molecule has 2 heterocycles. The molecule has 0 aliphatic carbocycles. The van der Waals surface area contributed by atoms with Gasteiger partial charge >= 0.3 is 0 Å². The Morgan fingerprint density at radius 2 is 2.32 bits per heavy atom. The van der Waals surface area contributed by atoms with Crippen LogP contribution in [0.2, 0.25) is 0 Å². The number of anilines is 1. The first-order chi connectivity index (χ1) is 8.99. The number of pyridine rings is 1. The van der Waals surface area contributed by atoms with Crippen LogP contribution in [0.4, 0.5) is 5.69 Å². The Hall–Kier alpha value is -1.20. The average molecular weight is 279 g/mol. The highest BCUT2D eigenvalue weighted by Gasteiger charge is 2.20. The second-order valence-electron chi connectivity index (χ2n) is 5.12. The van der Waals surface area contributed by atoms with Crippen molar-refractivity contribution in [2.75, 3.05) is 25.1 Å². The first-order valence-electron chi connectivity index (χ1n) is 6.60. The van der Waals surface area contributed by atoms with Crippen LogP contribution < -0.4 is 10.6 Å². The standard InChI is InChI=1S/C14H21N3OS/c1-9-7-12(13(14(15)19)10(2)16-9)17(3)8-11-5-4-6-18-11/h7,11H,4-6,8H2,1-3H3,(H2,15,19). The van der Waals surface area contributed by atoms with Crippen LogP contribution in [0.25, 0.3) is 0 Å². The molecule has 1 atom stereocenters. The van der Waals surface area contributed by atoms with Crippen molar-refractivity contribution in [2.24, 2.45) is 5.73 Å². The number of aryl methyl sites for hydroxylation is 2. The minimum absolute atomic E-state index is 0.304. The Bertz CT molecular complexity index is 484. The zero-order valence-electron chi connectivity index (χ0n) is 11.8. The summed E-state index contributed by atoms with van der Waals surface area (Å²) in [5.41, 5.74) is 9.64. The van der Waals surface area contributed by atoms with E-state index in [1.807, 2.05) is 19.9 Å². The lowest BCUT2D eigenvalue weighted by Crippen LogP contribution is -2.31. The van der Waals surface area contributed by atoms with Crippen LogP contribution >= 0.6 is 12.2 Å². The number of thiocarbonyl (C=S) groups is 1. The van der Waals surface area contributed by atoms with Gasteiger partial charge in [0.2, 0.25) is 0 Å². The fraction of sp³-hybridized carbons (Fsp3) is 0.571. The van der Waals surface area contributed by atoms with Crippen molar-refractivity contribution in [1.82, 2.24) is 4.98 Å². The van der Waals surface area contributed by atoms with Crippen LogP contribution in [0.5, 0.6) is 0 Å². The molecule has 104 valence electrons. The molecule has 1 aliphatic heterocycles. The van der Waals surface area contributed by atoms with Crippen molar-refractivity contribution < 1.29 is 4.74 Å². The molecule has 2 N–H and O–H groups in total. The summed E-state index contributed by atoms with van der Waals surface area (Å²) >= 11 is 5.16. The van der Waals surface area contributed by atoms with E-state index in [0.29, 0.717) is 11.1 Å². The molecule has 1 aliphatic rings. The van der Waals surface area contributed by atoms with Gasteiger partial charge in [-0.3, -0.25) is 4.98 Å². The van der Waals surface area contributed by atoms with Crippen LogP contribution in [0.15, 0.2) is 6.07 Å². The second kappa shape index (κ2) is 5.84. The molecule has 19 heavy (non-hydrogen) atoms. The highest BCUT2D eigenvalue weighted by Crippen LogP contribution is 2.24. The molecule has 0 aromatic carbocycles. The average Bonchev–Trinajstić information content (AvgIpc) is 2.79. The molecular formula is C14H21N3OS. The monoisotopic (exact) mass is 279 g/mol. The Kier molecular flexibility index (Phi) is 4.37. The van der Waals surface area contributed by atoms with Gasteiger partial charge in [0.05, 0.1) is 17.4 Å². The first kappa shape index (κ1) is 14.2. The highest BCUT2D eigenvalue weighted by molar-refractivity contribution is 7.80. The third-order valence-corrected chi connectivity index (χ3v) is 3.67. The van der Waals surface area contributed by atoms with Crippen molar-refractivity contribution in [3.8, 4) is 0 Å². The summed E-state index contributed by atoms with van der Waals surface area (Å²) in [5, 5.41) is 0. The van der Waals surface area contributed by atoms with Gasteiger partial charge in [-0.05, 0) is 32.8 Å². The molecule has 4 nitrogen and oxygen atoms in total. The highest BCUT2D eigenvalue weighted by atomic mass is 32.1. The van der Waals surface area contributed by atoms with Gasteiger partial charge in [0.25, 0.3) is 0 Å². The second-order valence-corrected chi connectivity index (χ2v) is 5.56. The van der Waals surface area contributed by atoms with Gasteiger partial charge in [-0.2, -0.15) is 0 Å². The van der Waals surface area contributed by atoms with Crippen molar-refractivity contribution in [2.45, 2.75) is 32.8 Å².